The lowest BCUT2D eigenvalue weighted by Crippen LogP contribution is -2.00. The number of hydrogen-bond acceptors (Lipinski definition) is 3. The molecule has 0 bridgehead atoms. The lowest BCUT2D eigenvalue weighted by atomic mass is 10.0. The molecule has 3 aromatic carbocycles. The predicted molar refractivity (Wildman–Crippen MR) is 108 cm³/mol. The zero-order valence-electron chi connectivity index (χ0n) is 14.9. The highest BCUT2D eigenvalue weighted by Crippen LogP contribution is 2.31. The Hall–Kier alpha value is -3.59. The van der Waals surface area contributed by atoms with Gasteiger partial charge >= 0.3 is 5.97 Å². The van der Waals surface area contributed by atoms with Gasteiger partial charge in [-0.2, -0.15) is 0 Å². The van der Waals surface area contributed by atoms with E-state index in [-0.39, 0.29) is 5.97 Å². The molecule has 0 aliphatic carbocycles. The molecule has 0 spiro atoms. The van der Waals surface area contributed by atoms with Gasteiger partial charge in [-0.3, -0.25) is 0 Å². The monoisotopic (exact) mass is 354 g/mol. The molecule has 1 aromatic heterocycles. The van der Waals surface area contributed by atoms with E-state index in [9.17, 15) is 4.79 Å². The van der Waals surface area contributed by atoms with Crippen LogP contribution in [0.2, 0.25) is 0 Å². The fourth-order valence-electron chi connectivity index (χ4n) is 3.02. The quantitative estimate of drug-likeness (QED) is 0.330. The minimum absolute atomic E-state index is 0.333. The number of carbonyl (C=O) groups is 1. The van der Waals surface area contributed by atoms with Gasteiger partial charge in [0.25, 0.3) is 0 Å². The first kappa shape index (κ1) is 16.9. The third-order valence-corrected chi connectivity index (χ3v) is 4.44. The molecule has 0 saturated heterocycles. The van der Waals surface area contributed by atoms with Gasteiger partial charge in [-0.1, -0.05) is 66.7 Å². The average molecular weight is 354 g/mol. The number of para-hydroxylation sites is 1. The van der Waals surface area contributed by atoms with Crippen LogP contribution in [0.15, 0.2) is 83.3 Å². The fraction of sp³-hybridized carbons (Fsp3) is 0.0417. The summed E-state index contributed by atoms with van der Waals surface area (Å²) in [4.78, 5) is 11.5. The molecule has 132 valence electrons. The SMILES string of the molecule is COC(=O)c1ccc(/C=C/c2ccccc2-c2cc3ccccc3o2)cc1. The minimum atomic E-state index is -0.333. The number of hydrogen-bond donors (Lipinski definition) is 0. The van der Waals surface area contributed by atoms with Crippen molar-refractivity contribution in [2.45, 2.75) is 0 Å². The molecule has 0 aliphatic heterocycles. The van der Waals surface area contributed by atoms with Crippen LogP contribution in [-0.2, 0) is 4.74 Å². The van der Waals surface area contributed by atoms with Crippen LogP contribution in [0.1, 0.15) is 21.5 Å². The smallest absolute Gasteiger partial charge is 0.337 e. The number of benzene rings is 3. The summed E-state index contributed by atoms with van der Waals surface area (Å²) >= 11 is 0. The maximum absolute atomic E-state index is 11.5. The molecule has 0 radical (unpaired) electrons. The van der Waals surface area contributed by atoms with Crippen molar-refractivity contribution >= 4 is 29.1 Å². The van der Waals surface area contributed by atoms with Crippen LogP contribution in [0.3, 0.4) is 0 Å². The van der Waals surface area contributed by atoms with E-state index in [1.54, 1.807) is 12.1 Å². The van der Waals surface area contributed by atoms with E-state index in [1.807, 2.05) is 54.6 Å². The van der Waals surface area contributed by atoms with Crippen molar-refractivity contribution in [2.75, 3.05) is 7.11 Å². The van der Waals surface area contributed by atoms with Gasteiger partial charge in [-0.15, -0.1) is 0 Å². The van der Waals surface area contributed by atoms with E-state index < -0.39 is 0 Å². The van der Waals surface area contributed by atoms with Crippen LogP contribution < -0.4 is 0 Å². The lowest BCUT2D eigenvalue weighted by molar-refractivity contribution is 0.0600. The van der Waals surface area contributed by atoms with Crippen LogP contribution in [-0.4, -0.2) is 13.1 Å². The van der Waals surface area contributed by atoms with Gasteiger partial charge < -0.3 is 9.15 Å². The molecule has 27 heavy (non-hydrogen) atoms. The topological polar surface area (TPSA) is 39.4 Å². The molecule has 0 atom stereocenters. The third-order valence-electron chi connectivity index (χ3n) is 4.44. The van der Waals surface area contributed by atoms with Gasteiger partial charge in [0.05, 0.1) is 12.7 Å². The zero-order chi connectivity index (χ0) is 18.6. The summed E-state index contributed by atoms with van der Waals surface area (Å²) in [6.45, 7) is 0. The maximum atomic E-state index is 11.5. The Morgan fingerprint density at radius 1 is 0.889 bits per heavy atom. The van der Waals surface area contributed by atoms with Crippen molar-refractivity contribution < 1.29 is 13.9 Å². The second-order valence-electron chi connectivity index (χ2n) is 6.18. The summed E-state index contributed by atoms with van der Waals surface area (Å²) in [5.41, 5.74) is 4.52. The first-order valence-corrected chi connectivity index (χ1v) is 8.69. The van der Waals surface area contributed by atoms with Crippen molar-refractivity contribution in [1.82, 2.24) is 0 Å². The molecule has 3 heteroatoms. The molecule has 1 heterocycles. The Labute approximate surface area is 157 Å². The van der Waals surface area contributed by atoms with Gasteiger partial charge in [-0.25, -0.2) is 4.79 Å². The van der Waals surface area contributed by atoms with E-state index in [0.29, 0.717) is 5.56 Å². The van der Waals surface area contributed by atoms with Gasteiger partial charge in [0, 0.05) is 10.9 Å². The molecule has 0 amide bonds. The Morgan fingerprint density at radius 2 is 1.63 bits per heavy atom. The molecular weight excluding hydrogens is 336 g/mol. The number of ether oxygens (including phenoxy) is 1. The molecular formula is C24H18O3. The molecule has 0 saturated carbocycles. The Morgan fingerprint density at radius 3 is 2.41 bits per heavy atom. The number of carbonyl (C=O) groups excluding carboxylic acids is 1. The molecule has 4 rings (SSSR count). The third kappa shape index (κ3) is 3.53. The van der Waals surface area contributed by atoms with E-state index in [4.69, 9.17) is 9.15 Å². The normalized spacial score (nSPS) is 11.1. The van der Waals surface area contributed by atoms with Crippen molar-refractivity contribution in [2.24, 2.45) is 0 Å². The summed E-state index contributed by atoms with van der Waals surface area (Å²) in [5.74, 6) is 0.512. The van der Waals surface area contributed by atoms with Gasteiger partial charge in [-0.05, 0) is 35.4 Å². The summed E-state index contributed by atoms with van der Waals surface area (Å²) in [6.07, 6.45) is 4.07. The Kier molecular flexibility index (Phi) is 4.58. The van der Waals surface area contributed by atoms with E-state index in [0.717, 1.165) is 33.4 Å². The molecule has 0 fully saturated rings. The number of furan rings is 1. The highest BCUT2D eigenvalue weighted by molar-refractivity contribution is 5.90. The average Bonchev–Trinajstić information content (AvgIpc) is 3.16. The Balaban J connectivity index is 1.65. The van der Waals surface area contributed by atoms with E-state index >= 15 is 0 Å². The van der Waals surface area contributed by atoms with Gasteiger partial charge in [0.2, 0.25) is 0 Å². The van der Waals surface area contributed by atoms with Crippen LogP contribution in [0.5, 0.6) is 0 Å². The van der Waals surface area contributed by atoms with Crippen molar-refractivity contribution in [3.63, 3.8) is 0 Å². The maximum Gasteiger partial charge on any atom is 0.337 e. The van der Waals surface area contributed by atoms with Crippen LogP contribution in [0.25, 0.3) is 34.4 Å². The van der Waals surface area contributed by atoms with E-state index in [2.05, 4.69) is 24.3 Å². The van der Waals surface area contributed by atoms with Gasteiger partial charge in [0.1, 0.15) is 11.3 Å². The predicted octanol–water partition coefficient (Wildman–Crippen LogP) is 6.06. The van der Waals surface area contributed by atoms with Crippen molar-refractivity contribution in [1.29, 1.82) is 0 Å². The summed E-state index contributed by atoms with van der Waals surface area (Å²) < 4.78 is 10.7. The first-order chi connectivity index (χ1) is 13.2. The highest BCUT2D eigenvalue weighted by Gasteiger charge is 2.09. The summed E-state index contributed by atoms with van der Waals surface area (Å²) in [6, 6.07) is 25.5. The van der Waals surface area contributed by atoms with E-state index in [1.165, 1.54) is 7.11 Å². The number of esters is 1. The highest BCUT2D eigenvalue weighted by atomic mass is 16.5. The van der Waals surface area contributed by atoms with Crippen LogP contribution in [0, 0.1) is 0 Å². The molecule has 0 aliphatic rings. The second kappa shape index (κ2) is 7.34. The summed E-state index contributed by atoms with van der Waals surface area (Å²) in [7, 11) is 1.38. The molecule has 3 nitrogen and oxygen atoms in total. The van der Waals surface area contributed by atoms with Crippen LogP contribution >= 0.6 is 0 Å². The lowest BCUT2D eigenvalue weighted by Gasteiger charge is -2.03. The number of methoxy groups -OCH3 is 1. The molecule has 4 aromatic rings. The van der Waals surface area contributed by atoms with Crippen LogP contribution in [0.4, 0.5) is 0 Å². The first-order valence-electron chi connectivity index (χ1n) is 8.69. The fourth-order valence-corrected chi connectivity index (χ4v) is 3.02. The minimum Gasteiger partial charge on any atom is -0.465 e. The second-order valence-corrected chi connectivity index (χ2v) is 6.18. The largest absolute Gasteiger partial charge is 0.465 e. The van der Waals surface area contributed by atoms with Crippen molar-refractivity contribution in [3.8, 4) is 11.3 Å². The van der Waals surface area contributed by atoms with Crippen molar-refractivity contribution in [3.05, 3.63) is 95.6 Å². The standard InChI is InChI=1S/C24H18O3/c1-26-24(25)19-14-11-17(12-15-19)10-13-18-6-2-4-8-21(18)23-16-20-7-3-5-9-22(20)27-23/h2-16H,1H3/b13-10+. The molecule has 0 N–H and O–H groups in total. The summed E-state index contributed by atoms with van der Waals surface area (Å²) in [5, 5.41) is 1.09. The zero-order valence-corrected chi connectivity index (χ0v) is 14.9. The number of fused-ring (bicyclic) bond motifs is 1. The number of rotatable bonds is 4. The Bertz CT molecular complexity index is 1080. The molecule has 0 unspecified atom stereocenters. The van der Waals surface area contributed by atoms with Gasteiger partial charge in [0.15, 0.2) is 0 Å².